The number of alkyl halides is 3. The average Bonchev–Trinajstić information content (AvgIpc) is 2.28. The van der Waals surface area contributed by atoms with Gasteiger partial charge in [-0.15, -0.1) is 0 Å². The van der Waals surface area contributed by atoms with E-state index in [4.69, 9.17) is 4.74 Å². The van der Waals surface area contributed by atoms with Gasteiger partial charge in [0, 0.05) is 0 Å². The minimum atomic E-state index is -5.52. The summed E-state index contributed by atoms with van der Waals surface area (Å²) in [6, 6.07) is 8.91. The van der Waals surface area contributed by atoms with Crippen LogP contribution in [0.2, 0.25) is 0 Å². The molecular weight excluding hydrogens is 273 g/mol. The van der Waals surface area contributed by atoms with Gasteiger partial charge in [-0.1, -0.05) is 30.3 Å². The fourth-order valence-corrected chi connectivity index (χ4v) is 1.45. The lowest BCUT2D eigenvalue weighted by molar-refractivity contribution is -0.0556. The Balaban J connectivity index is 2.24. The molecule has 0 aliphatic rings. The number of benzene rings is 1. The van der Waals surface area contributed by atoms with E-state index in [0.29, 0.717) is 0 Å². The van der Waals surface area contributed by atoms with Crippen LogP contribution in [0, 0.1) is 0 Å². The Morgan fingerprint density at radius 3 is 2.22 bits per heavy atom. The highest BCUT2D eigenvalue weighted by Gasteiger charge is 2.47. The molecule has 0 radical (unpaired) electrons. The van der Waals surface area contributed by atoms with Crippen LogP contribution in [0.3, 0.4) is 0 Å². The normalized spacial score (nSPS) is 12.6. The van der Waals surface area contributed by atoms with Gasteiger partial charge in [0.15, 0.2) is 0 Å². The molecule has 0 aromatic heterocycles. The van der Waals surface area contributed by atoms with Crippen molar-refractivity contribution in [2.45, 2.75) is 12.1 Å². The SMILES string of the molecule is O=S(=O)(OCCOCc1ccccc1)C(F)(F)F. The molecule has 0 saturated carbocycles. The van der Waals surface area contributed by atoms with Crippen LogP contribution in [-0.4, -0.2) is 27.1 Å². The molecule has 0 heterocycles. The van der Waals surface area contributed by atoms with Crippen molar-refractivity contribution in [1.29, 1.82) is 0 Å². The molecule has 0 fully saturated rings. The van der Waals surface area contributed by atoms with Crippen molar-refractivity contribution in [2.75, 3.05) is 13.2 Å². The molecule has 0 spiro atoms. The predicted molar refractivity (Wildman–Crippen MR) is 57.0 cm³/mol. The van der Waals surface area contributed by atoms with Crippen molar-refractivity contribution in [2.24, 2.45) is 0 Å². The largest absolute Gasteiger partial charge is 0.523 e. The van der Waals surface area contributed by atoms with Crippen molar-refractivity contribution >= 4 is 10.1 Å². The van der Waals surface area contributed by atoms with Gasteiger partial charge in [-0.2, -0.15) is 21.6 Å². The molecule has 0 aliphatic heterocycles. The molecule has 102 valence electrons. The monoisotopic (exact) mass is 284 g/mol. The van der Waals surface area contributed by atoms with Crippen LogP contribution in [0.1, 0.15) is 5.56 Å². The van der Waals surface area contributed by atoms with E-state index in [-0.39, 0.29) is 13.2 Å². The van der Waals surface area contributed by atoms with Gasteiger partial charge < -0.3 is 4.74 Å². The van der Waals surface area contributed by atoms with E-state index in [1.807, 2.05) is 6.07 Å². The quantitative estimate of drug-likeness (QED) is 0.456. The number of ether oxygens (including phenoxy) is 1. The van der Waals surface area contributed by atoms with Crippen molar-refractivity contribution in [1.82, 2.24) is 0 Å². The lowest BCUT2D eigenvalue weighted by atomic mass is 10.2. The third kappa shape index (κ3) is 4.63. The fraction of sp³-hybridized carbons (Fsp3) is 0.400. The first-order valence-electron chi connectivity index (χ1n) is 4.90. The van der Waals surface area contributed by atoms with E-state index in [0.717, 1.165) is 5.56 Å². The van der Waals surface area contributed by atoms with Crippen LogP contribution >= 0.6 is 0 Å². The Labute approximate surface area is 102 Å². The third-order valence-electron chi connectivity index (χ3n) is 1.86. The molecule has 0 atom stereocenters. The second kappa shape index (κ2) is 6.17. The van der Waals surface area contributed by atoms with Gasteiger partial charge in [0.2, 0.25) is 0 Å². The molecule has 0 aliphatic carbocycles. The number of hydrogen-bond donors (Lipinski definition) is 0. The number of hydrogen-bond acceptors (Lipinski definition) is 4. The Morgan fingerprint density at radius 1 is 1.06 bits per heavy atom. The smallest absolute Gasteiger partial charge is 0.374 e. The highest BCUT2D eigenvalue weighted by molar-refractivity contribution is 7.87. The Kier molecular flexibility index (Phi) is 5.12. The summed E-state index contributed by atoms with van der Waals surface area (Å²) in [5.74, 6) is 0. The predicted octanol–water partition coefficient (Wildman–Crippen LogP) is 2.07. The maximum atomic E-state index is 11.9. The Bertz CT molecular complexity index is 456. The van der Waals surface area contributed by atoms with E-state index in [1.54, 1.807) is 24.3 Å². The molecule has 18 heavy (non-hydrogen) atoms. The fourth-order valence-electron chi connectivity index (χ4n) is 1.03. The van der Waals surface area contributed by atoms with Crippen LogP contribution in [-0.2, 0) is 25.6 Å². The standard InChI is InChI=1S/C10H11F3O4S/c11-10(12,13)18(14,15)17-7-6-16-8-9-4-2-1-3-5-9/h1-5H,6-8H2. The van der Waals surface area contributed by atoms with Gasteiger partial charge in [0.1, 0.15) is 0 Å². The first-order chi connectivity index (χ1) is 8.33. The minimum Gasteiger partial charge on any atom is -0.374 e. The topological polar surface area (TPSA) is 52.6 Å². The number of halogens is 3. The molecule has 1 aromatic carbocycles. The summed E-state index contributed by atoms with van der Waals surface area (Å²) < 4.78 is 65.3. The maximum absolute atomic E-state index is 11.9. The lowest BCUT2D eigenvalue weighted by Crippen LogP contribution is -2.26. The number of rotatable bonds is 6. The van der Waals surface area contributed by atoms with E-state index >= 15 is 0 Å². The van der Waals surface area contributed by atoms with Gasteiger partial charge >= 0.3 is 15.6 Å². The summed E-state index contributed by atoms with van der Waals surface area (Å²) in [7, 11) is -5.52. The van der Waals surface area contributed by atoms with Gasteiger partial charge in [-0.05, 0) is 5.56 Å². The van der Waals surface area contributed by atoms with E-state index in [9.17, 15) is 21.6 Å². The molecule has 1 aromatic rings. The van der Waals surface area contributed by atoms with Crippen molar-refractivity contribution in [3.05, 3.63) is 35.9 Å². The molecule has 8 heteroatoms. The van der Waals surface area contributed by atoms with Crippen LogP contribution in [0.4, 0.5) is 13.2 Å². The van der Waals surface area contributed by atoms with Crippen molar-refractivity contribution < 1.29 is 30.5 Å². The van der Waals surface area contributed by atoms with E-state index < -0.39 is 22.2 Å². The summed E-state index contributed by atoms with van der Waals surface area (Å²) in [6.07, 6.45) is 0. The van der Waals surface area contributed by atoms with Crippen LogP contribution in [0.15, 0.2) is 30.3 Å². The summed E-state index contributed by atoms with van der Waals surface area (Å²) in [5.41, 5.74) is -4.57. The molecule has 0 unspecified atom stereocenters. The third-order valence-corrected chi connectivity index (χ3v) is 2.91. The van der Waals surface area contributed by atoms with Gasteiger partial charge in [-0.25, -0.2) is 0 Å². The van der Waals surface area contributed by atoms with Crippen LogP contribution in [0.5, 0.6) is 0 Å². The van der Waals surface area contributed by atoms with E-state index in [1.165, 1.54) is 0 Å². The Morgan fingerprint density at radius 2 is 1.67 bits per heavy atom. The Hall–Kier alpha value is -1.12. The second-order valence-corrected chi connectivity index (χ2v) is 4.87. The molecule has 0 saturated heterocycles. The summed E-state index contributed by atoms with van der Waals surface area (Å²) in [5, 5.41) is 0. The van der Waals surface area contributed by atoms with E-state index in [2.05, 4.69) is 4.18 Å². The average molecular weight is 284 g/mol. The van der Waals surface area contributed by atoms with Crippen molar-refractivity contribution in [3.63, 3.8) is 0 Å². The minimum absolute atomic E-state index is 0.177. The highest BCUT2D eigenvalue weighted by Crippen LogP contribution is 2.24. The van der Waals surface area contributed by atoms with Gasteiger partial charge in [-0.3, -0.25) is 4.18 Å². The second-order valence-electron chi connectivity index (χ2n) is 3.26. The van der Waals surface area contributed by atoms with Gasteiger partial charge in [0.25, 0.3) is 0 Å². The van der Waals surface area contributed by atoms with Gasteiger partial charge in [0.05, 0.1) is 19.8 Å². The first-order valence-corrected chi connectivity index (χ1v) is 6.31. The molecule has 1 rings (SSSR count). The summed E-state index contributed by atoms with van der Waals surface area (Å²) >= 11 is 0. The van der Waals surface area contributed by atoms with Crippen LogP contribution < -0.4 is 0 Å². The molecular formula is C10H11F3O4S. The summed E-state index contributed by atoms with van der Waals surface area (Å²) in [4.78, 5) is 0. The summed E-state index contributed by atoms with van der Waals surface area (Å²) in [6.45, 7) is -0.741. The first kappa shape index (κ1) is 14.9. The highest BCUT2D eigenvalue weighted by atomic mass is 32.2. The van der Waals surface area contributed by atoms with Crippen LogP contribution in [0.25, 0.3) is 0 Å². The molecule has 4 nitrogen and oxygen atoms in total. The molecule has 0 bridgehead atoms. The lowest BCUT2D eigenvalue weighted by Gasteiger charge is -2.08. The van der Waals surface area contributed by atoms with Crippen molar-refractivity contribution in [3.8, 4) is 0 Å². The molecule has 0 amide bonds. The maximum Gasteiger partial charge on any atom is 0.523 e. The zero-order valence-corrected chi connectivity index (χ0v) is 10.00. The zero-order chi connectivity index (χ0) is 13.6. The molecule has 0 N–H and O–H groups in total. The zero-order valence-electron chi connectivity index (χ0n) is 9.18.